The normalized spacial score (nSPS) is 17.9. The summed E-state index contributed by atoms with van der Waals surface area (Å²) in [4.78, 5) is 4.39. The molecule has 32 heavy (non-hydrogen) atoms. The van der Waals surface area contributed by atoms with E-state index in [4.69, 9.17) is 4.74 Å². The van der Waals surface area contributed by atoms with E-state index in [0.717, 1.165) is 23.5 Å². The van der Waals surface area contributed by atoms with Gasteiger partial charge in [-0.05, 0) is 66.7 Å². The molecule has 0 amide bonds. The first-order chi connectivity index (χ1) is 15.7. The molecule has 2 fully saturated rings. The third-order valence-corrected chi connectivity index (χ3v) is 10.3. The van der Waals surface area contributed by atoms with Crippen LogP contribution in [0.25, 0.3) is 0 Å². The van der Waals surface area contributed by atoms with Gasteiger partial charge in [0, 0.05) is 19.4 Å². The van der Waals surface area contributed by atoms with Gasteiger partial charge < -0.3 is 4.74 Å². The lowest BCUT2D eigenvalue weighted by molar-refractivity contribution is 0.410. The summed E-state index contributed by atoms with van der Waals surface area (Å²) >= 11 is 0. The summed E-state index contributed by atoms with van der Waals surface area (Å²) in [5.74, 6) is 3.33. The van der Waals surface area contributed by atoms with E-state index >= 15 is 0 Å². The van der Waals surface area contributed by atoms with Crippen LogP contribution in [-0.2, 0) is 6.42 Å². The second-order valence-corrected chi connectivity index (χ2v) is 11.9. The molecule has 0 unspecified atom stereocenters. The second-order valence-electron chi connectivity index (χ2n) is 9.32. The maximum absolute atomic E-state index is 5.36. The molecule has 2 saturated carbocycles. The Kier molecular flexibility index (Phi) is 10.8. The van der Waals surface area contributed by atoms with Crippen molar-refractivity contribution in [2.24, 2.45) is 4.99 Å². The molecule has 3 heteroatoms. The summed E-state index contributed by atoms with van der Waals surface area (Å²) in [6.07, 6.45) is 15.8. The molecular formula is C29H42NOP. The molecule has 2 aliphatic rings. The molecule has 0 atom stereocenters. The zero-order valence-electron chi connectivity index (χ0n) is 20.4. The highest BCUT2D eigenvalue weighted by Crippen LogP contribution is 2.53. The van der Waals surface area contributed by atoms with Crippen molar-refractivity contribution >= 4 is 13.9 Å². The van der Waals surface area contributed by atoms with Crippen LogP contribution >= 0.6 is 7.92 Å². The van der Waals surface area contributed by atoms with Crippen molar-refractivity contribution in [2.75, 3.05) is 14.2 Å². The Morgan fingerprint density at radius 3 is 1.88 bits per heavy atom. The molecule has 174 valence electrons. The van der Waals surface area contributed by atoms with Crippen LogP contribution in [0.2, 0.25) is 0 Å². The molecular weight excluding hydrogens is 409 g/mol. The number of nitrogens with zero attached hydrogens (tertiary/aromatic N) is 1. The highest BCUT2D eigenvalue weighted by atomic mass is 31.1. The van der Waals surface area contributed by atoms with Gasteiger partial charge >= 0.3 is 0 Å². The number of methoxy groups -OCH3 is 1. The van der Waals surface area contributed by atoms with Crippen molar-refractivity contribution in [2.45, 2.75) is 88.9 Å². The van der Waals surface area contributed by atoms with Gasteiger partial charge in [-0.1, -0.05) is 88.9 Å². The highest BCUT2D eigenvalue weighted by Gasteiger charge is 2.29. The van der Waals surface area contributed by atoms with Gasteiger partial charge in [-0.15, -0.1) is 0 Å². The summed E-state index contributed by atoms with van der Waals surface area (Å²) in [5.41, 5.74) is 5.96. The molecule has 0 bridgehead atoms. The average molecular weight is 452 g/mol. The first-order valence-corrected chi connectivity index (χ1v) is 14.1. The highest BCUT2D eigenvalue weighted by molar-refractivity contribution is 7.74. The van der Waals surface area contributed by atoms with Crippen LogP contribution in [0.15, 0.2) is 53.5 Å². The van der Waals surface area contributed by atoms with Gasteiger partial charge in [0.1, 0.15) is 5.75 Å². The van der Waals surface area contributed by atoms with E-state index in [1.807, 2.05) is 19.2 Å². The first-order valence-electron chi connectivity index (χ1n) is 12.6. The van der Waals surface area contributed by atoms with E-state index in [2.05, 4.69) is 54.3 Å². The minimum Gasteiger partial charge on any atom is -0.496 e. The Morgan fingerprint density at radius 1 is 0.812 bits per heavy atom. The number of ether oxygens (including phenoxy) is 1. The Balaban J connectivity index is 0.000000181. The molecule has 2 aromatic carbocycles. The van der Waals surface area contributed by atoms with Gasteiger partial charge in [-0.2, -0.15) is 0 Å². The van der Waals surface area contributed by atoms with Crippen LogP contribution in [0.3, 0.4) is 0 Å². The number of rotatable bonds is 6. The fourth-order valence-corrected chi connectivity index (χ4v) is 8.40. The summed E-state index contributed by atoms with van der Waals surface area (Å²) < 4.78 is 5.36. The molecule has 0 heterocycles. The summed E-state index contributed by atoms with van der Waals surface area (Å²) in [5, 5.41) is 0. The van der Waals surface area contributed by atoms with E-state index < -0.39 is 0 Å². The molecule has 2 aromatic rings. The molecule has 0 spiro atoms. The minimum absolute atomic E-state index is 0.111. The molecule has 0 saturated heterocycles. The average Bonchev–Trinajstić information content (AvgIpc) is 2.86. The quantitative estimate of drug-likeness (QED) is 0.319. The predicted molar refractivity (Wildman–Crippen MR) is 142 cm³/mol. The number of hydrogen-bond acceptors (Lipinski definition) is 2. The van der Waals surface area contributed by atoms with Gasteiger partial charge in [0.2, 0.25) is 0 Å². The van der Waals surface area contributed by atoms with E-state index in [-0.39, 0.29) is 7.92 Å². The van der Waals surface area contributed by atoms with Crippen molar-refractivity contribution in [3.63, 3.8) is 0 Å². The van der Waals surface area contributed by atoms with Crippen LogP contribution in [-0.4, -0.2) is 31.4 Å². The van der Waals surface area contributed by atoms with E-state index in [9.17, 15) is 0 Å². The zero-order valence-corrected chi connectivity index (χ0v) is 21.3. The van der Waals surface area contributed by atoms with Gasteiger partial charge in [-0.25, -0.2) is 0 Å². The molecule has 0 N–H and O–H groups in total. The van der Waals surface area contributed by atoms with Gasteiger partial charge in [0.25, 0.3) is 0 Å². The van der Waals surface area contributed by atoms with Crippen LogP contribution < -0.4 is 4.74 Å². The van der Waals surface area contributed by atoms with Gasteiger partial charge in [0.15, 0.2) is 0 Å². The van der Waals surface area contributed by atoms with Crippen LogP contribution in [0.4, 0.5) is 0 Å². The Hall–Kier alpha value is -1.66. The van der Waals surface area contributed by atoms with E-state index in [1.54, 1.807) is 7.11 Å². The van der Waals surface area contributed by atoms with Crippen molar-refractivity contribution < 1.29 is 4.74 Å². The Bertz CT molecular complexity index is 803. The maximum Gasteiger partial charge on any atom is 0.122 e. The fourth-order valence-electron chi connectivity index (χ4n) is 5.24. The molecule has 0 aromatic heterocycles. The monoisotopic (exact) mass is 451 g/mol. The number of aryl methyl sites for hydroxylation is 1. The standard InChI is InChI=1S/C15H16O.C14H26NP/c1-12-7-3-4-8-13(12)11-14-9-5-6-10-15(14)16-2;1-15-12-16(13-8-4-2-5-9-13)14-10-6-3-7-11-14/h3-10H,11H2,1-2H3;12-14H,2-11H2,1H3. The minimum atomic E-state index is 0.111. The van der Waals surface area contributed by atoms with Crippen molar-refractivity contribution in [1.82, 2.24) is 0 Å². The van der Waals surface area contributed by atoms with Gasteiger partial charge in [-0.3, -0.25) is 4.99 Å². The molecule has 0 aliphatic heterocycles. The lowest BCUT2D eigenvalue weighted by atomic mass is 9.99. The topological polar surface area (TPSA) is 21.6 Å². The number of para-hydroxylation sites is 1. The van der Waals surface area contributed by atoms with Crippen molar-refractivity contribution in [3.8, 4) is 5.75 Å². The fraction of sp³-hybridized carbons (Fsp3) is 0.552. The van der Waals surface area contributed by atoms with E-state index in [0.29, 0.717) is 0 Å². The SMILES string of the molecule is CN=CP(C1CCCCC1)C1CCCCC1.COc1ccccc1Cc1ccccc1C. The van der Waals surface area contributed by atoms with Crippen molar-refractivity contribution in [3.05, 3.63) is 65.2 Å². The molecule has 2 aliphatic carbocycles. The first kappa shape index (κ1) is 25.0. The number of hydrogen-bond donors (Lipinski definition) is 0. The lowest BCUT2D eigenvalue weighted by Gasteiger charge is -2.35. The van der Waals surface area contributed by atoms with Crippen molar-refractivity contribution in [1.29, 1.82) is 0 Å². The summed E-state index contributed by atoms with van der Waals surface area (Å²) in [6, 6.07) is 16.6. The van der Waals surface area contributed by atoms with E-state index in [1.165, 1.54) is 80.9 Å². The zero-order chi connectivity index (χ0) is 22.6. The number of aliphatic imine (C=N–C) groups is 1. The Morgan fingerprint density at radius 2 is 1.34 bits per heavy atom. The van der Waals surface area contributed by atoms with Crippen LogP contribution in [0.5, 0.6) is 5.75 Å². The summed E-state index contributed by atoms with van der Waals surface area (Å²) in [6.45, 7) is 2.14. The lowest BCUT2D eigenvalue weighted by Crippen LogP contribution is -2.20. The third-order valence-electron chi connectivity index (χ3n) is 7.08. The largest absolute Gasteiger partial charge is 0.496 e. The number of benzene rings is 2. The predicted octanol–water partition coefficient (Wildman–Crippen LogP) is 8.39. The van der Waals surface area contributed by atoms with Crippen LogP contribution in [0, 0.1) is 6.92 Å². The van der Waals surface area contributed by atoms with Crippen LogP contribution in [0.1, 0.15) is 80.9 Å². The molecule has 4 rings (SSSR count). The summed E-state index contributed by atoms with van der Waals surface area (Å²) in [7, 11) is 3.80. The Labute approximate surface area is 197 Å². The molecule has 0 radical (unpaired) electrons. The molecule has 2 nitrogen and oxygen atoms in total. The van der Waals surface area contributed by atoms with Gasteiger partial charge in [0.05, 0.1) is 7.11 Å². The smallest absolute Gasteiger partial charge is 0.122 e. The third kappa shape index (κ3) is 7.45. The maximum atomic E-state index is 5.36. The second kappa shape index (κ2) is 13.8.